The Morgan fingerprint density at radius 1 is 1.03 bits per heavy atom. The van der Waals surface area contributed by atoms with Gasteiger partial charge in [0.05, 0.1) is 42.5 Å². The Morgan fingerprint density at radius 2 is 2.00 bits per heavy atom. The minimum Gasteiger partial charge on any atom is -0.467 e. The predicted molar refractivity (Wildman–Crippen MR) is 113 cm³/mol. The van der Waals surface area contributed by atoms with Gasteiger partial charge in [-0.3, -0.25) is 9.97 Å². The van der Waals surface area contributed by atoms with Crippen molar-refractivity contribution in [1.82, 2.24) is 24.8 Å². The van der Waals surface area contributed by atoms with E-state index in [1.165, 1.54) is 0 Å². The molecule has 4 aromatic rings. The van der Waals surface area contributed by atoms with Crippen LogP contribution in [-0.4, -0.2) is 24.5 Å². The fraction of sp³-hybridized carbons (Fsp3) is 0.136. The van der Waals surface area contributed by atoms with Crippen molar-refractivity contribution in [2.24, 2.45) is 0 Å². The van der Waals surface area contributed by atoms with E-state index >= 15 is 0 Å². The van der Waals surface area contributed by atoms with Crippen LogP contribution in [0.15, 0.2) is 90.1 Å². The van der Waals surface area contributed by atoms with E-state index in [-0.39, 0.29) is 12.1 Å². The molecule has 0 bridgehead atoms. The molecule has 1 saturated heterocycles. The van der Waals surface area contributed by atoms with Gasteiger partial charge in [-0.25, -0.2) is 0 Å². The average molecular weight is 401 g/mol. The van der Waals surface area contributed by atoms with Gasteiger partial charge in [0.1, 0.15) is 5.76 Å². The van der Waals surface area contributed by atoms with Crippen molar-refractivity contribution in [3.05, 3.63) is 103 Å². The summed E-state index contributed by atoms with van der Waals surface area (Å²) < 4.78 is 7.75. The zero-order valence-corrected chi connectivity index (χ0v) is 16.4. The first-order valence-corrected chi connectivity index (χ1v) is 9.80. The Hall–Kier alpha value is -3.45. The van der Waals surface area contributed by atoms with Crippen LogP contribution in [0.5, 0.6) is 0 Å². The highest BCUT2D eigenvalue weighted by molar-refractivity contribution is 7.80. The van der Waals surface area contributed by atoms with E-state index in [1.807, 2.05) is 67.1 Å². The van der Waals surface area contributed by atoms with Crippen molar-refractivity contribution in [2.45, 2.75) is 18.6 Å². The molecule has 0 spiro atoms. The summed E-state index contributed by atoms with van der Waals surface area (Å²) in [5, 5.41) is 4.16. The van der Waals surface area contributed by atoms with Crippen LogP contribution < -0.4 is 5.32 Å². The number of hydrogen-bond donors (Lipinski definition) is 1. The summed E-state index contributed by atoms with van der Waals surface area (Å²) >= 11 is 5.73. The quantitative estimate of drug-likeness (QED) is 0.510. The second-order valence-electron chi connectivity index (χ2n) is 6.85. The number of nitrogens with zero attached hydrogens (tertiary/aromatic N) is 4. The smallest absolute Gasteiger partial charge is 0.170 e. The van der Waals surface area contributed by atoms with Crippen LogP contribution in [0.3, 0.4) is 0 Å². The van der Waals surface area contributed by atoms with Crippen LogP contribution in [0.1, 0.15) is 29.2 Å². The SMILES string of the molecule is S=C1NC(c2ccccn2)C(c2cccn2-c2cccnc2)N1Cc1ccco1. The van der Waals surface area contributed by atoms with E-state index in [9.17, 15) is 0 Å². The first kappa shape index (κ1) is 17.6. The van der Waals surface area contributed by atoms with Gasteiger partial charge in [0.2, 0.25) is 0 Å². The van der Waals surface area contributed by atoms with Crippen molar-refractivity contribution in [2.75, 3.05) is 0 Å². The molecule has 5 heterocycles. The zero-order chi connectivity index (χ0) is 19.6. The lowest BCUT2D eigenvalue weighted by Gasteiger charge is -2.28. The fourth-order valence-corrected chi connectivity index (χ4v) is 4.14. The van der Waals surface area contributed by atoms with E-state index in [1.54, 1.807) is 12.5 Å². The summed E-state index contributed by atoms with van der Waals surface area (Å²) in [5.41, 5.74) is 3.05. The third kappa shape index (κ3) is 3.30. The molecule has 144 valence electrons. The monoisotopic (exact) mass is 401 g/mol. The molecule has 2 unspecified atom stereocenters. The van der Waals surface area contributed by atoms with Gasteiger partial charge in [0.25, 0.3) is 0 Å². The van der Waals surface area contributed by atoms with Crippen LogP contribution in [0.2, 0.25) is 0 Å². The fourth-order valence-electron chi connectivity index (χ4n) is 3.83. The molecule has 29 heavy (non-hydrogen) atoms. The summed E-state index contributed by atoms with van der Waals surface area (Å²) in [7, 11) is 0. The van der Waals surface area contributed by atoms with Gasteiger partial charge in [-0.15, -0.1) is 0 Å². The van der Waals surface area contributed by atoms with Gasteiger partial charge in [0, 0.05) is 24.3 Å². The molecule has 0 radical (unpaired) electrons. The standard InChI is InChI=1S/C22H19N5OS/c29-22-25-20(18-8-1-2-11-24-18)21(27(22)15-17-7-5-13-28-17)19-9-4-12-26(19)16-6-3-10-23-14-16/h1-14,20-21H,15H2,(H,25,29). The lowest BCUT2D eigenvalue weighted by Crippen LogP contribution is -2.29. The topological polar surface area (TPSA) is 59.1 Å². The maximum atomic E-state index is 5.73. The highest BCUT2D eigenvalue weighted by atomic mass is 32.1. The Kier molecular flexibility index (Phi) is 4.57. The minimum atomic E-state index is -0.0796. The molecule has 5 rings (SSSR count). The molecule has 0 amide bonds. The second-order valence-corrected chi connectivity index (χ2v) is 7.23. The molecule has 0 saturated carbocycles. The Balaban J connectivity index is 1.61. The number of nitrogens with one attached hydrogen (secondary N) is 1. The third-order valence-electron chi connectivity index (χ3n) is 5.11. The van der Waals surface area contributed by atoms with Crippen LogP contribution in [0.4, 0.5) is 0 Å². The molecule has 0 aromatic carbocycles. The number of furan rings is 1. The van der Waals surface area contributed by atoms with Crippen molar-refractivity contribution in [3.63, 3.8) is 0 Å². The van der Waals surface area contributed by atoms with E-state index in [0.29, 0.717) is 11.7 Å². The first-order valence-electron chi connectivity index (χ1n) is 9.39. The van der Waals surface area contributed by atoms with Gasteiger partial charge in [-0.05, 0) is 60.7 Å². The van der Waals surface area contributed by atoms with Crippen molar-refractivity contribution >= 4 is 17.3 Å². The third-order valence-corrected chi connectivity index (χ3v) is 5.46. The molecule has 2 atom stereocenters. The summed E-state index contributed by atoms with van der Waals surface area (Å²) in [6.45, 7) is 0.574. The number of rotatable bonds is 5. The predicted octanol–water partition coefficient (Wildman–Crippen LogP) is 4.03. The summed E-state index contributed by atoms with van der Waals surface area (Å²) in [5.74, 6) is 0.861. The van der Waals surface area contributed by atoms with Crippen LogP contribution in [-0.2, 0) is 6.54 Å². The molecule has 7 heteroatoms. The van der Waals surface area contributed by atoms with E-state index in [2.05, 4.69) is 30.8 Å². The minimum absolute atomic E-state index is 0.0577. The summed E-state index contributed by atoms with van der Waals surface area (Å²) in [6, 6.07) is 17.8. The maximum Gasteiger partial charge on any atom is 0.170 e. The largest absolute Gasteiger partial charge is 0.467 e. The van der Waals surface area contributed by atoms with Gasteiger partial charge in [-0.2, -0.15) is 0 Å². The Bertz CT molecular complexity index is 1090. The molecule has 6 nitrogen and oxygen atoms in total. The van der Waals surface area contributed by atoms with E-state index in [0.717, 1.165) is 22.8 Å². The van der Waals surface area contributed by atoms with Crippen LogP contribution >= 0.6 is 12.2 Å². The molecule has 1 N–H and O–H groups in total. The number of hydrogen-bond acceptors (Lipinski definition) is 4. The summed E-state index contributed by atoms with van der Waals surface area (Å²) in [4.78, 5) is 11.0. The number of aromatic nitrogens is 3. The lowest BCUT2D eigenvalue weighted by molar-refractivity contribution is 0.280. The molecule has 1 aliphatic rings. The van der Waals surface area contributed by atoms with E-state index < -0.39 is 0 Å². The van der Waals surface area contributed by atoms with Crippen molar-refractivity contribution < 1.29 is 4.42 Å². The van der Waals surface area contributed by atoms with Gasteiger partial charge in [-0.1, -0.05) is 6.07 Å². The molecule has 4 aromatic heterocycles. The van der Waals surface area contributed by atoms with Crippen LogP contribution in [0.25, 0.3) is 5.69 Å². The lowest BCUT2D eigenvalue weighted by atomic mass is 10.0. The number of thiocarbonyl (C=S) groups is 1. The molecule has 0 aliphatic carbocycles. The molecule has 1 aliphatic heterocycles. The Morgan fingerprint density at radius 3 is 2.76 bits per heavy atom. The Labute approximate surface area is 173 Å². The van der Waals surface area contributed by atoms with Gasteiger partial charge < -0.3 is 19.2 Å². The summed E-state index contributed by atoms with van der Waals surface area (Å²) in [6.07, 6.45) is 9.18. The van der Waals surface area contributed by atoms with Crippen molar-refractivity contribution in [3.8, 4) is 5.69 Å². The zero-order valence-electron chi connectivity index (χ0n) is 15.6. The molecular weight excluding hydrogens is 382 g/mol. The maximum absolute atomic E-state index is 5.73. The average Bonchev–Trinajstić information content (AvgIpc) is 3.51. The highest BCUT2D eigenvalue weighted by Gasteiger charge is 2.41. The van der Waals surface area contributed by atoms with E-state index in [4.69, 9.17) is 16.6 Å². The van der Waals surface area contributed by atoms with Gasteiger partial charge >= 0.3 is 0 Å². The number of pyridine rings is 2. The molecule has 1 fully saturated rings. The highest BCUT2D eigenvalue weighted by Crippen LogP contribution is 2.40. The van der Waals surface area contributed by atoms with Crippen molar-refractivity contribution in [1.29, 1.82) is 0 Å². The normalized spacial score (nSPS) is 18.8. The van der Waals surface area contributed by atoms with Crippen LogP contribution in [0, 0.1) is 0 Å². The van der Waals surface area contributed by atoms with Gasteiger partial charge in [0.15, 0.2) is 5.11 Å². The molecular formula is C22H19N5OS. The second kappa shape index (κ2) is 7.52. The first-order chi connectivity index (χ1) is 14.3.